The van der Waals surface area contributed by atoms with Gasteiger partial charge in [-0.15, -0.1) is 11.3 Å². The van der Waals surface area contributed by atoms with Crippen molar-refractivity contribution >= 4 is 66.5 Å². The number of ketones is 1. The lowest BCUT2D eigenvalue weighted by Crippen LogP contribution is -2.52. The lowest BCUT2D eigenvalue weighted by molar-refractivity contribution is -0.140. The van der Waals surface area contributed by atoms with Gasteiger partial charge in [-0.25, -0.2) is 17.8 Å². The number of Topliss-reactive ketones (excluding diaryl/α,β-unsaturated/α-hetero) is 1. The standard InChI is InChI=1S/C42H44F2N4O8S2/c1-41(16-17-41)58(53,54)47-40(52)42-21-24(42)8-6-4-3-5-7-9-31(45-37(50)35-14-15-36(44)57-35)39(51)48-23-27(20-33(48)34(49)22-42)56-38-29-12-10-25(43)18-30(29)28-13-11-26(55-2)19-32(28)46-38/h6,8,10-15,18-19,24,27,31,33H,3-5,7,9,16-17,20-23H2,1-2H3,(H,45,50)(H,47,52)/b8-6-/t24-,27-,31+,33+,42-/m1/s1. The third kappa shape index (κ3) is 7.68. The fraction of sp³-hybridized carbons (Fsp3) is 0.452. The Morgan fingerprint density at radius 2 is 1.79 bits per heavy atom. The number of thiophene rings is 1. The molecule has 3 fully saturated rings. The zero-order valence-corrected chi connectivity index (χ0v) is 33.7. The van der Waals surface area contributed by atoms with E-state index in [1.54, 1.807) is 31.2 Å². The van der Waals surface area contributed by atoms with Gasteiger partial charge in [0.25, 0.3) is 5.91 Å². The number of hydrogen-bond acceptors (Lipinski definition) is 10. The lowest BCUT2D eigenvalue weighted by atomic mass is 9.91. The minimum absolute atomic E-state index is 0.00351. The first-order valence-corrected chi connectivity index (χ1v) is 21.9. The predicted octanol–water partition coefficient (Wildman–Crippen LogP) is 6.37. The Morgan fingerprint density at radius 1 is 1.00 bits per heavy atom. The summed E-state index contributed by atoms with van der Waals surface area (Å²) >= 11 is 0.654. The second-order valence-corrected chi connectivity index (χ2v) is 19.4. The maximum atomic E-state index is 14.7. The SMILES string of the molecule is COc1ccc2c(c1)nc(O[C@@H]1C[C@H]3C(=O)C[C@]4(C(=O)NS(=O)(=O)C5(C)CC5)C[C@H]4/C=C\CCCCC[C@H](NC(=O)c4ccc(F)s4)C(=O)N3C1)c1ccc(F)cc12. The van der Waals surface area contributed by atoms with Crippen LogP contribution in [0.25, 0.3) is 21.7 Å². The van der Waals surface area contributed by atoms with Gasteiger partial charge in [0.2, 0.25) is 27.7 Å². The van der Waals surface area contributed by atoms with E-state index in [0.29, 0.717) is 70.9 Å². The highest BCUT2D eigenvalue weighted by atomic mass is 32.2. The van der Waals surface area contributed by atoms with E-state index in [0.717, 1.165) is 6.42 Å². The lowest BCUT2D eigenvalue weighted by Gasteiger charge is -2.29. The first-order chi connectivity index (χ1) is 27.7. The third-order valence-electron chi connectivity index (χ3n) is 12.2. The molecule has 2 saturated carbocycles. The number of nitrogens with one attached hydrogen (secondary N) is 2. The number of sulfonamides is 1. The summed E-state index contributed by atoms with van der Waals surface area (Å²) in [6.07, 6.45) is 6.76. The van der Waals surface area contributed by atoms with Gasteiger partial charge in [-0.2, -0.15) is 4.39 Å². The zero-order chi connectivity index (χ0) is 41.0. The van der Waals surface area contributed by atoms with Crippen molar-refractivity contribution in [1.29, 1.82) is 0 Å². The Kier molecular flexibility index (Phi) is 10.5. The number of rotatable bonds is 8. The van der Waals surface area contributed by atoms with Gasteiger partial charge in [0.15, 0.2) is 10.9 Å². The van der Waals surface area contributed by atoms with Crippen molar-refractivity contribution in [3.05, 3.63) is 76.5 Å². The van der Waals surface area contributed by atoms with Gasteiger partial charge < -0.3 is 19.7 Å². The molecule has 2 aliphatic carbocycles. The molecular formula is C42H44F2N4O8S2. The van der Waals surface area contributed by atoms with Gasteiger partial charge in [0.05, 0.1) is 40.3 Å². The number of benzene rings is 2. The predicted molar refractivity (Wildman–Crippen MR) is 213 cm³/mol. The summed E-state index contributed by atoms with van der Waals surface area (Å²) < 4.78 is 68.2. The summed E-state index contributed by atoms with van der Waals surface area (Å²) in [5, 5.41) is 3.93. The molecule has 8 rings (SSSR count). The van der Waals surface area contributed by atoms with Gasteiger partial charge in [0, 0.05) is 29.7 Å². The van der Waals surface area contributed by atoms with Crippen LogP contribution in [0, 0.1) is 22.3 Å². The Hall–Kier alpha value is -4.96. The van der Waals surface area contributed by atoms with E-state index >= 15 is 0 Å². The van der Waals surface area contributed by atoms with Crippen LogP contribution in [-0.4, -0.2) is 78.4 Å². The molecule has 3 amide bonds. The van der Waals surface area contributed by atoms with E-state index in [1.165, 1.54) is 36.3 Å². The second-order valence-electron chi connectivity index (χ2n) is 16.2. The highest BCUT2D eigenvalue weighted by Crippen LogP contribution is 2.57. The van der Waals surface area contributed by atoms with Crippen molar-refractivity contribution < 1.29 is 45.9 Å². The summed E-state index contributed by atoms with van der Waals surface area (Å²) in [6, 6.07) is 9.77. The molecule has 2 aromatic carbocycles. The van der Waals surface area contributed by atoms with Crippen molar-refractivity contribution in [2.75, 3.05) is 13.7 Å². The molecule has 0 spiro atoms. The van der Waals surface area contributed by atoms with Crippen LogP contribution < -0.4 is 19.5 Å². The van der Waals surface area contributed by atoms with Gasteiger partial charge in [0.1, 0.15) is 23.7 Å². The summed E-state index contributed by atoms with van der Waals surface area (Å²) in [6.45, 7) is 1.49. The average molecular weight is 835 g/mol. The van der Waals surface area contributed by atoms with E-state index in [1.807, 2.05) is 12.2 Å². The monoisotopic (exact) mass is 834 g/mol. The number of hydrogen-bond donors (Lipinski definition) is 2. The summed E-state index contributed by atoms with van der Waals surface area (Å²) in [5.74, 6) is -2.54. The minimum Gasteiger partial charge on any atom is -0.497 e. The summed E-state index contributed by atoms with van der Waals surface area (Å²) in [5.41, 5.74) is -0.869. The van der Waals surface area contributed by atoms with Crippen molar-refractivity contribution in [3.8, 4) is 11.6 Å². The average Bonchev–Trinajstić information content (AvgIpc) is 3.99. The van der Waals surface area contributed by atoms with Crippen molar-refractivity contribution in [1.82, 2.24) is 19.9 Å². The van der Waals surface area contributed by atoms with E-state index < -0.39 is 72.8 Å². The highest BCUT2D eigenvalue weighted by molar-refractivity contribution is 7.91. The summed E-state index contributed by atoms with van der Waals surface area (Å²) in [7, 11) is -2.49. The number of allylic oxidation sites excluding steroid dienone is 2. The Labute approximate surface area is 338 Å². The quantitative estimate of drug-likeness (QED) is 0.152. The maximum absolute atomic E-state index is 14.7. The van der Waals surface area contributed by atoms with E-state index in [4.69, 9.17) is 14.5 Å². The molecular weight excluding hydrogens is 791 g/mol. The van der Waals surface area contributed by atoms with Crippen molar-refractivity contribution in [3.63, 3.8) is 0 Å². The number of carbonyl (C=O) groups is 4. The number of aromatic nitrogens is 1. The maximum Gasteiger partial charge on any atom is 0.262 e. The largest absolute Gasteiger partial charge is 0.497 e. The molecule has 12 nitrogen and oxygen atoms in total. The van der Waals surface area contributed by atoms with Crippen LogP contribution in [0.1, 0.15) is 80.8 Å². The Bertz CT molecular complexity index is 2470. The summed E-state index contributed by atoms with van der Waals surface area (Å²) in [4.78, 5) is 62.9. The minimum atomic E-state index is -4.00. The number of amides is 3. The normalized spacial score (nSPS) is 26.5. The number of carbonyl (C=O) groups excluding carboxylic acids is 4. The van der Waals surface area contributed by atoms with Crippen LogP contribution in [0.2, 0.25) is 0 Å². The molecule has 0 unspecified atom stereocenters. The molecule has 4 heterocycles. The number of halogens is 2. The van der Waals surface area contributed by atoms with Crippen molar-refractivity contribution in [2.24, 2.45) is 11.3 Å². The first-order valence-electron chi connectivity index (χ1n) is 19.6. The molecule has 58 heavy (non-hydrogen) atoms. The smallest absolute Gasteiger partial charge is 0.262 e. The number of ether oxygens (including phenoxy) is 2. The third-order valence-corrected chi connectivity index (χ3v) is 15.2. The number of methoxy groups -OCH3 is 1. The molecule has 0 bridgehead atoms. The zero-order valence-electron chi connectivity index (χ0n) is 32.1. The van der Waals surface area contributed by atoms with Gasteiger partial charge in [-0.3, -0.25) is 23.9 Å². The van der Waals surface area contributed by atoms with E-state index in [2.05, 4.69) is 10.0 Å². The molecule has 2 aromatic heterocycles. The molecule has 1 saturated heterocycles. The molecule has 2 aliphatic heterocycles. The van der Waals surface area contributed by atoms with Crippen molar-refractivity contribution in [2.45, 2.75) is 94.1 Å². The molecule has 2 N–H and O–H groups in total. The molecule has 4 aromatic rings. The Morgan fingerprint density at radius 3 is 2.53 bits per heavy atom. The van der Waals surface area contributed by atoms with E-state index in [9.17, 15) is 36.4 Å². The van der Waals surface area contributed by atoms with Gasteiger partial charge in [-0.1, -0.05) is 25.0 Å². The fourth-order valence-electron chi connectivity index (χ4n) is 8.26. The molecule has 306 valence electrons. The molecule has 16 heteroatoms. The first kappa shape index (κ1) is 39.8. The second kappa shape index (κ2) is 15.3. The van der Waals surface area contributed by atoms with E-state index in [-0.39, 0.29) is 48.9 Å². The molecule has 5 atom stereocenters. The van der Waals surface area contributed by atoms with Crippen LogP contribution in [-0.2, 0) is 24.4 Å². The molecule has 4 aliphatic rings. The topological polar surface area (TPSA) is 161 Å². The fourth-order valence-corrected chi connectivity index (χ4v) is 10.2. The van der Waals surface area contributed by atoms with Crippen LogP contribution in [0.4, 0.5) is 8.78 Å². The number of pyridine rings is 1. The van der Waals surface area contributed by atoms with Gasteiger partial charge >= 0.3 is 0 Å². The van der Waals surface area contributed by atoms with Crippen LogP contribution in [0.5, 0.6) is 11.6 Å². The van der Waals surface area contributed by atoms with Crippen LogP contribution in [0.15, 0.2) is 60.7 Å². The Balaban J connectivity index is 1.14. The highest BCUT2D eigenvalue weighted by Gasteiger charge is 2.62. The number of nitrogens with zero attached hydrogens (tertiary/aromatic N) is 2. The molecule has 0 radical (unpaired) electrons. The van der Waals surface area contributed by atoms with Crippen LogP contribution in [0.3, 0.4) is 0 Å². The van der Waals surface area contributed by atoms with Crippen LogP contribution >= 0.6 is 11.3 Å². The number of fused-ring (bicyclic) bond motifs is 5. The van der Waals surface area contributed by atoms with Gasteiger partial charge in [-0.05, 0) is 99.2 Å².